The molecule has 2 rings (SSSR count). The van der Waals surface area contributed by atoms with E-state index in [0.29, 0.717) is 12.8 Å². The van der Waals surface area contributed by atoms with E-state index in [1.165, 1.54) is 12.0 Å². The van der Waals surface area contributed by atoms with Gasteiger partial charge in [-0.2, -0.15) is 0 Å². The molecule has 0 aromatic carbocycles. The summed E-state index contributed by atoms with van der Waals surface area (Å²) in [5.74, 6) is -3.37. The van der Waals surface area contributed by atoms with Crippen molar-refractivity contribution in [2.75, 3.05) is 13.7 Å². The first-order valence-corrected chi connectivity index (χ1v) is 9.43. The molecule has 2 aliphatic heterocycles. The summed E-state index contributed by atoms with van der Waals surface area (Å²) >= 11 is 0. The molecule has 9 nitrogen and oxygen atoms in total. The van der Waals surface area contributed by atoms with Gasteiger partial charge in [0.2, 0.25) is 0 Å². The highest BCUT2D eigenvalue weighted by atomic mass is 16.7. The molecule has 0 spiro atoms. The minimum Gasteiger partial charge on any atom is -0.469 e. The monoisotopic (exact) mass is 399 g/mol. The topological polar surface area (TPSA) is 108 Å². The quantitative estimate of drug-likeness (QED) is 0.403. The molecule has 2 heterocycles. The molecule has 158 valence electrons. The average Bonchev–Trinajstić information content (AvgIpc) is 3.13. The van der Waals surface area contributed by atoms with Crippen LogP contribution in [-0.2, 0) is 28.5 Å². The molecule has 0 radical (unpaired) electrons. The van der Waals surface area contributed by atoms with Crippen molar-refractivity contribution in [2.24, 2.45) is 17.8 Å². The fraction of sp³-hybridized carbons (Fsp3) is 0.789. The van der Waals surface area contributed by atoms with Gasteiger partial charge in [0.15, 0.2) is 0 Å². The van der Waals surface area contributed by atoms with Crippen LogP contribution in [-0.4, -0.2) is 60.5 Å². The van der Waals surface area contributed by atoms with Crippen molar-refractivity contribution >= 4 is 24.2 Å². The van der Waals surface area contributed by atoms with Crippen LogP contribution in [0.5, 0.6) is 0 Å². The summed E-state index contributed by atoms with van der Waals surface area (Å²) in [5, 5.41) is 0. The molecule has 0 aromatic rings. The lowest BCUT2D eigenvalue weighted by Gasteiger charge is -2.27. The standard InChI is InChI=1S/C19H29NO8/c1-10(2)9-26-18(24)27-16(22)14-12-8-7-11(13(14)15(21)25-6)20(12)17(23)28-19(3,4)5/h10-14H,7-9H2,1-6H3/t11-,12+,13+,14+/m1/s1. The van der Waals surface area contributed by atoms with E-state index < -0.39 is 53.7 Å². The minimum absolute atomic E-state index is 0.0793. The van der Waals surface area contributed by atoms with Crippen molar-refractivity contribution in [3.8, 4) is 0 Å². The lowest BCUT2D eigenvalue weighted by Crippen LogP contribution is -2.41. The minimum atomic E-state index is -1.12. The number of nitrogens with zero attached hydrogens (tertiary/aromatic N) is 1. The van der Waals surface area contributed by atoms with Gasteiger partial charge in [-0.1, -0.05) is 13.8 Å². The summed E-state index contributed by atoms with van der Waals surface area (Å²) in [6.07, 6.45) is -0.691. The van der Waals surface area contributed by atoms with Crippen LogP contribution >= 0.6 is 0 Å². The van der Waals surface area contributed by atoms with Crippen LogP contribution < -0.4 is 0 Å². The van der Waals surface area contributed by atoms with Crippen LogP contribution in [0.15, 0.2) is 0 Å². The molecule has 1 amide bonds. The Balaban J connectivity index is 2.19. The van der Waals surface area contributed by atoms with Gasteiger partial charge >= 0.3 is 24.2 Å². The van der Waals surface area contributed by atoms with Crippen LogP contribution in [0.4, 0.5) is 9.59 Å². The van der Waals surface area contributed by atoms with Crippen molar-refractivity contribution in [1.82, 2.24) is 4.90 Å². The number of methoxy groups -OCH3 is 1. The molecule has 9 heteroatoms. The van der Waals surface area contributed by atoms with Crippen LogP contribution in [0, 0.1) is 17.8 Å². The smallest absolute Gasteiger partial charge is 0.469 e. The largest absolute Gasteiger partial charge is 0.516 e. The highest BCUT2D eigenvalue weighted by molar-refractivity contribution is 5.90. The Labute approximate surface area is 164 Å². The van der Waals surface area contributed by atoms with Gasteiger partial charge in [-0.05, 0) is 39.5 Å². The third kappa shape index (κ3) is 4.74. The molecule has 2 saturated heterocycles. The maximum atomic E-state index is 12.7. The van der Waals surface area contributed by atoms with Gasteiger partial charge in [0.05, 0.1) is 25.6 Å². The van der Waals surface area contributed by atoms with Gasteiger partial charge in [-0.25, -0.2) is 9.59 Å². The van der Waals surface area contributed by atoms with Gasteiger partial charge < -0.3 is 23.8 Å². The van der Waals surface area contributed by atoms with Crippen molar-refractivity contribution in [3.63, 3.8) is 0 Å². The van der Waals surface area contributed by atoms with E-state index in [1.807, 2.05) is 13.8 Å². The first-order chi connectivity index (χ1) is 13.0. The van der Waals surface area contributed by atoms with E-state index >= 15 is 0 Å². The van der Waals surface area contributed by atoms with Crippen LogP contribution in [0.25, 0.3) is 0 Å². The van der Waals surface area contributed by atoms with Gasteiger partial charge in [-0.15, -0.1) is 0 Å². The highest BCUT2D eigenvalue weighted by Gasteiger charge is 2.62. The summed E-state index contributed by atoms with van der Waals surface area (Å²) in [6.45, 7) is 8.99. The van der Waals surface area contributed by atoms with Crippen LogP contribution in [0.3, 0.4) is 0 Å². The van der Waals surface area contributed by atoms with E-state index in [2.05, 4.69) is 0 Å². The Bertz CT molecular complexity index is 638. The maximum absolute atomic E-state index is 12.7. The number of hydrogen-bond acceptors (Lipinski definition) is 8. The van der Waals surface area contributed by atoms with E-state index in [1.54, 1.807) is 20.8 Å². The summed E-state index contributed by atoms with van der Waals surface area (Å²) in [5.41, 5.74) is -0.726. The van der Waals surface area contributed by atoms with Crippen molar-refractivity contribution < 1.29 is 38.1 Å². The summed E-state index contributed by atoms with van der Waals surface area (Å²) in [7, 11) is 1.21. The summed E-state index contributed by atoms with van der Waals surface area (Å²) in [6, 6.07) is -1.15. The van der Waals surface area contributed by atoms with Gasteiger partial charge in [0.1, 0.15) is 5.60 Å². The second kappa shape index (κ2) is 8.36. The van der Waals surface area contributed by atoms with Crippen LogP contribution in [0.2, 0.25) is 0 Å². The Morgan fingerprint density at radius 1 is 1.00 bits per heavy atom. The van der Waals surface area contributed by atoms with E-state index in [0.717, 1.165) is 0 Å². The number of carbonyl (C=O) groups excluding carboxylic acids is 4. The van der Waals surface area contributed by atoms with Crippen LogP contribution in [0.1, 0.15) is 47.5 Å². The molecule has 2 fully saturated rings. The fourth-order valence-corrected chi connectivity index (χ4v) is 3.79. The van der Waals surface area contributed by atoms with Crippen molar-refractivity contribution in [2.45, 2.75) is 65.1 Å². The number of amides is 1. The van der Waals surface area contributed by atoms with E-state index in [-0.39, 0.29) is 12.5 Å². The number of esters is 2. The molecule has 2 aliphatic rings. The first-order valence-electron chi connectivity index (χ1n) is 9.43. The predicted molar refractivity (Wildman–Crippen MR) is 96.2 cm³/mol. The SMILES string of the molecule is COC(=O)[C@@H]1[C@@H](C(=O)OC(=O)OCC(C)C)[C@@H]2CC[C@H]1N2C(=O)OC(C)(C)C. The number of hydrogen-bond donors (Lipinski definition) is 0. The normalized spacial score (nSPS) is 26.2. The molecule has 0 aromatic heterocycles. The lowest BCUT2D eigenvalue weighted by molar-refractivity contribution is -0.157. The Kier molecular flexibility index (Phi) is 6.56. The zero-order valence-electron chi connectivity index (χ0n) is 17.2. The molecule has 2 bridgehead atoms. The Morgan fingerprint density at radius 3 is 2.00 bits per heavy atom. The van der Waals surface area contributed by atoms with Crippen molar-refractivity contribution in [1.29, 1.82) is 0 Å². The molecular formula is C19H29NO8. The Hall–Kier alpha value is -2.32. The molecular weight excluding hydrogens is 370 g/mol. The first kappa shape index (κ1) is 22.0. The summed E-state index contributed by atoms with van der Waals surface area (Å²) in [4.78, 5) is 50.9. The molecule has 0 saturated carbocycles. The second-order valence-corrected chi connectivity index (χ2v) is 8.55. The lowest BCUT2D eigenvalue weighted by atomic mass is 9.79. The second-order valence-electron chi connectivity index (χ2n) is 8.55. The molecule has 4 atom stereocenters. The van der Waals surface area contributed by atoms with Gasteiger partial charge in [-0.3, -0.25) is 9.59 Å². The fourth-order valence-electron chi connectivity index (χ4n) is 3.79. The molecule has 0 N–H and O–H groups in total. The van der Waals surface area contributed by atoms with E-state index in [9.17, 15) is 19.2 Å². The van der Waals surface area contributed by atoms with Gasteiger partial charge in [0.25, 0.3) is 0 Å². The zero-order chi connectivity index (χ0) is 21.2. The highest BCUT2D eigenvalue weighted by Crippen LogP contribution is 2.47. The zero-order valence-corrected chi connectivity index (χ0v) is 17.2. The van der Waals surface area contributed by atoms with E-state index in [4.69, 9.17) is 18.9 Å². The number of ether oxygens (including phenoxy) is 4. The third-order valence-electron chi connectivity index (χ3n) is 4.76. The Morgan fingerprint density at radius 2 is 1.54 bits per heavy atom. The third-order valence-corrected chi connectivity index (χ3v) is 4.76. The predicted octanol–water partition coefficient (Wildman–Crippen LogP) is 2.51. The maximum Gasteiger partial charge on any atom is 0.516 e. The molecule has 0 unspecified atom stereocenters. The molecule has 0 aliphatic carbocycles. The number of rotatable bonds is 4. The molecule has 28 heavy (non-hydrogen) atoms. The number of fused-ring (bicyclic) bond motifs is 2. The summed E-state index contributed by atoms with van der Waals surface area (Å²) < 4.78 is 19.9. The van der Waals surface area contributed by atoms with Crippen molar-refractivity contribution in [3.05, 3.63) is 0 Å². The number of carbonyl (C=O) groups is 4. The average molecular weight is 399 g/mol. The van der Waals surface area contributed by atoms with Gasteiger partial charge in [0, 0.05) is 12.1 Å².